The zero-order valence-corrected chi connectivity index (χ0v) is 16.2. The normalized spacial score (nSPS) is 25.0. The molecule has 1 unspecified atom stereocenters. The molecule has 138 valence electrons. The van der Waals surface area contributed by atoms with E-state index < -0.39 is 11.6 Å². The van der Waals surface area contributed by atoms with Gasteiger partial charge in [-0.25, -0.2) is 9.78 Å². The fourth-order valence-electron chi connectivity index (χ4n) is 4.36. The third-order valence-electron chi connectivity index (χ3n) is 5.60. The molecular formula is C18H21BrN4O3. The monoisotopic (exact) mass is 420 g/mol. The molecule has 2 bridgehead atoms. The van der Waals surface area contributed by atoms with Crippen molar-refractivity contribution < 1.29 is 14.7 Å². The summed E-state index contributed by atoms with van der Waals surface area (Å²) in [6, 6.07) is 5.84. The third kappa shape index (κ3) is 2.67. The van der Waals surface area contributed by atoms with Gasteiger partial charge in [-0.3, -0.25) is 4.79 Å². The molecule has 8 heteroatoms. The quantitative estimate of drug-likeness (QED) is 0.798. The van der Waals surface area contributed by atoms with Gasteiger partial charge in [-0.15, -0.1) is 0 Å². The van der Waals surface area contributed by atoms with E-state index in [2.05, 4.69) is 26.2 Å². The molecular weight excluding hydrogens is 400 g/mol. The molecule has 26 heavy (non-hydrogen) atoms. The molecule has 2 fully saturated rings. The molecule has 3 atom stereocenters. The third-order valence-corrected chi connectivity index (χ3v) is 6.19. The van der Waals surface area contributed by atoms with Crippen LogP contribution in [0, 0.1) is 17.8 Å². The first kappa shape index (κ1) is 17.3. The van der Waals surface area contributed by atoms with E-state index in [1.165, 1.54) is 4.90 Å². The average molecular weight is 421 g/mol. The number of fused-ring (bicyclic) bond motifs is 3. The van der Waals surface area contributed by atoms with Crippen LogP contribution >= 0.6 is 15.9 Å². The zero-order valence-electron chi connectivity index (χ0n) is 14.6. The van der Waals surface area contributed by atoms with Crippen molar-refractivity contribution in [1.29, 1.82) is 0 Å². The molecule has 1 aliphatic heterocycles. The minimum atomic E-state index is -0.896. The fraction of sp³-hybridized carbons (Fsp3) is 0.500. The highest BCUT2D eigenvalue weighted by Gasteiger charge is 2.52. The maximum atomic E-state index is 12.9. The molecule has 2 N–H and O–H groups in total. The van der Waals surface area contributed by atoms with Crippen LogP contribution in [0.5, 0.6) is 0 Å². The van der Waals surface area contributed by atoms with Gasteiger partial charge in [-0.2, -0.15) is 0 Å². The van der Waals surface area contributed by atoms with Crippen LogP contribution in [-0.4, -0.2) is 44.5 Å². The number of carbonyl (C=O) groups excluding carboxylic acids is 1. The largest absolute Gasteiger partial charge is 0.465 e. The average Bonchev–Trinajstić information content (AvgIpc) is 2.92. The van der Waals surface area contributed by atoms with Crippen molar-refractivity contribution in [2.45, 2.75) is 25.8 Å². The van der Waals surface area contributed by atoms with Crippen molar-refractivity contribution in [2.75, 3.05) is 13.1 Å². The molecule has 2 aromatic rings. The number of hydrogen-bond donors (Lipinski definition) is 2. The number of carbonyl (C=O) groups is 2. The van der Waals surface area contributed by atoms with Crippen molar-refractivity contribution in [2.24, 2.45) is 17.8 Å². The van der Waals surface area contributed by atoms with E-state index >= 15 is 0 Å². The lowest BCUT2D eigenvalue weighted by Gasteiger charge is -2.52. The Labute approximate surface area is 159 Å². The Kier molecular flexibility index (Phi) is 3.98. The minimum Gasteiger partial charge on any atom is -0.465 e. The van der Waals surface area contributed by atoms with E-state index in [1.807, 2.05) is 42.6 Å². The van der Waals surface area contributed by atoms with Crippen LogP contribution in [0.1, 0.15) is 26.1 Å². The first-order valence-corrected chi connectivity index (χ1v) is 9.50. The summed E-state index contributed by atoms with van der Waals surface area (Å²) in [6.07, 6.45) is 1.96. The summed E-state index contributed by atoms with van der Waals surface area (Å²) in [5.41, 5.74) is 0.298. The van der Waals surface area contributed by atoms with Gasteiger partial charge in [0.1, 0.15) is 10.4 Å². The van der Waals surface area contributed by atoms with Gasteiger partial charge >= 0.3 is 6.09 Å². The predicted octanol–water partition coefficient (Wildman–Crippen LogP) is 2.69. The van der Waals surface area contributed by atoms with Crippen LogP contribution < -0.4 is 5.32 Å². The molecule has 1 aliphatic carbocycles. The van der Waals surface area contributed by atoms with E-state index in [-0.39, 0.29) is 23.7 Å². The molecule has 2 aromatic heterocycles. The SMILES string of the molecule is CC(C)(NC(=O)C1[C@@H]2C[C@H]1CN(C(=O)O)C2)c1nc(Br)c2ccccn12. The van der Waals surface area contributed by atoms with Gasteiger partial charge in [0.05, 0.1) is 11.1 Å². The zero-order chi connectivity index (χ0) is 18.6. The number of rotatable bonds is 3. The van der Waals surface area contributed by atoms with E-state index in [4.69, 9.17) is 5.11 Å². The van der Waals surface area contributed by atoms with Gasteiger partial charge in [0, 0.05) is 25.2 Å². The van der Waals surface area contributed by atoms with Crippen molar-refractivity contribution >= 4 is 33.4 Å². The van der Waals surface area contributed by atoms with Gasteiger partial charge in [-0.1, -0.05) is 6.07 Å². The smallest absolute Gasteiger partial charge is 0.407 e. The number of halogens is 1. The molecule has 4 rings (SSSR count). The van der Waals surface area contributed by atoms with Crippen LogP contribution in [-0.2, 0) is 10.3 Å². The van der Waals surface area contributed by atoms with Gasteiger partial charge in [0.15, 0.2) is 0 Å². The summed E-state index contributed by atoms with van der Waals surface area (Å²) in [4.78, 5) is 30.1. The number of aromatic nitrogens is 2. The first-order chi connectivity index (χ1) is 12.3. The van der Waals surface area contributed by atoms with E-state index in [1.54, 1.807) is 0 Å². The van der Waals surface area contributed by atoms with Crippen LogP contribution in [0.25, 0.3) is 5.52 Å². The maximum absolute atomic E-state index is 12.9. The maximum Gasteiger partial charge on any atom is 0.407 e. The number of amides is 2. The molecule has 1 saturated carbocycles. The number of imidazole rings is 1. The Bertz CT molecular complexity index is 882. The minimum absolute atomic E-state index is 0.00917. The van der Waals surface area contributed by atoms with Crippen LogP contribution in [0.2, 0.25) is 0 Å². The number of nitrogens with zero attached hydrogens (tertiary/aromatic N) is 3. The number of carboxylic acid groups (broad SMARTS) is 1. The molecule has 7 nitrogen and oxygen atoms in total. The van der Waals surface area contributed by atoms with E-state index in [0.29, 0.717) is 13.1 Å². The topological polar surface area (TPSA) is 86.9 Å². The summed E-state index contributed by atoms with van der Waals surface area (Å²) in [6.45, 7) is 4.78. The Hall–Kier alpha value is -2.09. The van der Waals surface area contributed by atoms with Crippen LogP contribution in [0.3, 0.4) is 0 Å². The van der Waals surface area contributed by atoms with Crippen LogP contribution in [0.4, 0.5) is 4.79 Å². The lowest BCUT2D eigenvalue weighted by molar-refractivity contribution is -0.142. The lowest BCUT2D eigenvalue weighted by atomic mass is 9.61. The van der Waals surface area contributed by atoms with E-state index in [9.17, 15) is 9.59 Å². The lowest BCUT2D eigenvalue weighted by Crippen LogP contribution is -2.62. The Balaban J connectivity index is 1.53. The molecule has 0 aromatic carbocycles. The number of nitrogens with one attached hydrogen (secondary N) is 1. The first-order valence-electron chi connectivity index (χ1n) is 8.71. The van der Waals surface area contributed by atoms with Gasteiger partial charge < -0.3 is 19.7 Å². The van der Waals surface area contributed by atoms with Crippen LogP contribution in [0.15, 0.2) is 29.0 Å². The van der Waals surface area contributed by atoms with Crippen molar-refractivity contribution in [3.63, 3.8) is 0 Å². The molecule has 1 saturated heterocycles. The number of piperidine rings is 2. The highest BCUT2D eigenvalue weighted by molar-refractivity contribution is 9.10. The fourth-order valence-corrected chi connectivity index (χ4v) is 4.85. The second-order valence-corrected chi connectivity index (χ2v) is 8.52. The second-order valence-electron chi connectivity index (χ2n) is 7.77. The molecule has 3 heterocycles. The number of likely N-dealkylation sites (tertiary alicyclic amines) is 1. The molecule has 2 amide bonds. The van der Waals surface area contributed by atoms with Crippen molar-refractivity contribution in [1.82, 2.24) is 19.6 Å². The summed E-state index contributed by atoms with van der Waals surface area (Å²) in [7, 11) is 0. The summed E-state index contributed by atoms with van der Waals surface area (Å²) in [5, 5.41) is 12.3. The Morgan fingerprint density at radius 3 is 2.65 bits per heavy atom. The summed E-state index contributed by atoms with van der Waals surface area (Å²) in [5.74, 6) is 0.864. The Morgan fingerprint density at radius 1 is 1.31 bits per heavy atom. The second kappa shape index (κ2) is 5.97. The number of pyridine rings is 1. The standard InChI is InChI=1S/C18H21BrN4O3/c1-18(2,16-20-14(19)12-5-3-4-6-23(12)16)21-15(24)13-10-7-11(13)9-22(8-10)17(25)26/h3-6,10-11,13H,7-9H2,1-2H3,(H,21,24)(H,25,26)/t10-,11+,13?. The molecule has 0 radical (unpaired) electrons. The number of hydrogen-bond acceptors (Lipinski definition) is 3. The Morgan fingerprint density at radius 2 is 2.00 bits per heavy atom. The summed E-state index contributed by atoms with van der Waals surface area (Å²) >= 11 is 3.48. The molecule has 2 aliphatic rings. The van der Waals surface area contributed by atoms with Crippen molar-refractivity contribution in [3.05, 3.63) is 34.8 Å². The van der Waals surface area contributed by atoms with E-state index in [0.717, 1.165) is 22.4 Å². The van der Waals surface area contributed by atoms with Gasteiger partial charge in [-0.05, 0) is 60.2 Å². The highest BCUT2D eigenvalue weighted by Crippen LogP contribution is 2.46. The predicted molar refractivity (Wildman–Crippen MR) is 98.7 cm³/mol. The summed E-state index contributed by atoms with van der Waals surface area (Å²) < 4.78 is 2.71. The molecule has 0 spiro atoms. The highest BCUT2D eigenvalue weighted by atomic mass is 79.9. The van der Waals surface area contributed by atoms with Gasteiger partial charge in [0.25, 0.3) is 0 Å². The van der Waals surface area contributed by atoms with Gasteiger partial charge in [0.2, 0.25) is 5.91 Å². The van der Waals surface area contributed by atoms with Crippen molar-refractivity contribution in [3.8, 4) is 0 Å².